The van der Waals surface area contributed by atoms with Crippen molar-refractivity contribution in [3.8, 4) is 5.75 Å². The summed E-state index contributed by atoms with van der Waals surface area (Å²) in [5.41, 5.74) is 2.65. The first-order valence-corrected chi connectivity index (χ1v) is 7.68. The maximum Gasteiger partial charge on any atom is 0.270 e. The second-order valence-electron chi connectivity index (χ2n) is 4.99. The molecule has 1 aromatic heterocycles. The number of carbonyl (C=O) groups excluding carboxylic acids is 1. The number of rotatable bonds is 3. The molecule has 0 N–H and O–H groups in total. The third-order valence-corrected chi connectivity index (χ3v) is 4.21. The molecule has 0 saturated carbocycles. The lowest BCUT2D eigenvalue weighted by Gasteiger charge is -2.33. The van der Waals surface area contributed by atoms with Crippen molar-refractivity contribution in [3.63, 3.8) is 0 Å². The van der Waals surface area contributed by atoms with Crippen molar-refractivity contribution >= 4 is 22.9 Å². The number of ether oxygens (including phenoxy) is 2. The fraction of sp³-hybridized carbons (Fsp3) is 0.333. The van der Waals surface area contributed by atoms with Crippen LogP contribution < -0.4 is 9.64 Å². The lowest BCUT2D eigenvalue weighted by Crippen LogP contribution is -2.42. The van der Waals surface area contributed by atoms with Crippen LogP contribution in [-0.4, -0.2) is 30.6 Å². The zero-order valence-corrected chi connectivity index (χ0v) is 13.0. The van der Waals surface area contributed by atoms with Gasteiger partial charge in [-0.05, 0) is 19.1 Å². The summed E-state index contributed by atoms with van der Waals surface area (Å²) >= 11 is 1.25. The summed E-state index contributed by atoms with van der Waals surface area (Å²) in [6.07, 6.45) is -0.285. The monoisotopic (exact) mass is 322 g/mol. The van der Waals surface area contributed by atoms with Crippen LogP contribution in [0.4, 0.5) is 10.1 Å². The molecule has 2 heterocycles. The molecule has 0 saturated heterocycles. The number of aromatic nitrogens is 1. The van der Waals surface area contributed by atoms with E-state index in [1.807, 2.05) is 0 Å². The Morgan fingerprint density at radius 3 is 3.18 bits per heavy atom. The van der Waals surface area contributed by atoms with E-state index in [1.165, 1.54) is 17.4 Å². The van der Waals surface area contributed by atoms with Crippen LogP contribution in [0.5, 0.6) is 5.75 Å². The molecule has 2 aromatic rings. The number of fused-ring (bicyclic) bond motifs is 1. The number of hydrogen-bond acceptors (Lipinski definition) is 5. The van der Waals surface area contributed by atoms with Gasteiger partial charge in [0, 0.05) is 7.11 Å². The number of benzene rings is 1. The number of nitrogens with zero attached hydrogens (tertiary/aromatic N) is 2. The lowest BCUT2D eigenvalue weighted by atomic mass is 10.1. The fourth-order valence-corrected chi connectivity index (χ4v) is 3.16. The van der Waals surface area contributed by atoms with E-state index < -0.39 is 5.82 Å². The molecule has 5 nitrogen and oxygen atoms in total. The Morgan fingerprint density at radius 1 is 1.59 bits per heavy atom. The van der Waals surface area contributed by atoms with E-state index >= 15 is 0 Å². The largest absolute Gasteiger partial charge is 0.484 e. The van der Waals surface area contributed by atoms with Crippen LogP contribution in [-0.2, 0) is 11.3 Å². The molecule has 1 atom stereocenters. The van der Waals surface area contributed by atoms with Crippen molar-refractivity contribution in [2.75, 3.05) is 18.6 Å². The maximum atomic E-state index is 13.9. The maximum absolute atomic E-state index is 13.9. The first kappa shape index (κ1) is 14.9. The minimum atomic E-state index is -0.469. The predicted octanol–water partition coefficient (Wildman–Crippen LogP) is 2.86. The molecule has 22 heavy (non-hydrogen) atoms. The first-order chi connectivity index (χ1) is 10.6. The molecule has 1 aliphatic heterocycles. The Hall–Kier alpha value is -1.99. The summed E-state index contributed by atoms with van der Waals surface area (Å²) in [6.45, 7) is 2.43. The van der Waals surface area contributed by atoms with E-state index in [4.69, 9.17) is 9.47 Å². The third-order valence-electron chi connectivity index (χ3n) is 3.36. The smallest absolute Gasteiger partial charge is 0.270 e. The summed E-state index contributed by atoms with van der Waals surface area (Å²) in [4.78, 5) is 19.0. The lowest BCUT2D eigenvalue weighted by molar-refractivity contribution is 0.0958. The Morgan fingerprint density at radius 2 is 2.41 bits per heavy atom. The fourth-order valence-electron chi connectivity index (χ4n) is 2.42. The molecule has 116 valence electrons. The van der Waals surface area contributed by atoms with Gasteiger partial charge in [-0.3, -0.25) is 4.79 Å². The summed E-state index contributed by atoms with van der Waals surface area (Å²) in [6, 6.07) is 4.57. The van der Waals surface area contributed by atoms with Gasteiger partial charge in [-0.1, -0.05) is 6.07 Å². The number of hydrogen-bond donors (Lipinski definition) is 0. The molecule has 0 unspecified atom stereocenters. The van der Waals surface area contributed by atoms with Gasteiger partial charge in [-0.25, -0.2) is 9.37 Å². The van der Waals surface area contributed by atoms with Gasteiger partial charge in [0.25, 0.3) is 5.91 Å². The van der Waals surface area contributed by atoms with Crippen LogP contribution >= 0.6 is 11.3 Å². The van der Waals surface area contributed by atoms with Crippen molar-refractivity contribution in [1.82, 2.24) is 4.98 Å². The standard InChI is InChI=1S/C15H15FN2O3S/c1-9-6-18(12-5-3-4-10(16)13(12)21-9)15(19)14-11(7-20-2)17-8-22-14/h3-5,8-9H,6-7H2,1-2H3/t9-/m0/s1. The summed E-state index contributed by atoms with van der Waals surface area (Å²) in [5, 5.41) is 0. The van der Waals surface area contributed by atoms with Crippen molar-refractivity contribution in [1.29, 1.82) is 0 Å². The van der Waals surface area contributed by atoms with Crippen molar-refractivity contribution < 1.29 is 18.7 Å². The average molecular weight is 322 g/mol. The topological polar surface area (TPSA) is 51.7 Å². The highest BCUT2D eigenvalue weighted by Gasteiger charge is 2.32. The molecule has 0 radical (unpaired) electrons. The molecule has 1 aromatic carbocycles. The minimum Gasteiger partial charge on any atom is -0.484 e. The molecule has 7 heteroatoms. The van der Waals surface area contributed by atoms with E-state index in [2.05, 4.69) is 4.98 Å². The molecule has 0 spiro atoms. The van der Waals surface area contributed by atoms with Gasteiger partial charge in [0.2, 0.25) is 0 Å². The second-order valence-corrected chi connectivity index (χ2v) is 5.85. The minimum absolute atomic E-state index is 0.118. The average Bonchev–Trinajstić information content (AvgIpc) is 2.95. The van der Waals surface area contributed by atoms with Gasteiger partial charge >= 0.3 is 0 Å². The molecule has 1 amide bonds. The van der Waals surface area contributed by atoms with Gasteiger partial charge in [0.1, 0.15) is 11.0 Å². The highest BCUT2D eigenvalue weighted by molar-refractivity contribution is 7.12. The van der Waals surface area contributed by atoms with E-state index in [1.54, 1.807) is 36.6 Å². The highest BCUT2D eigenvalue weighted by atomic mass is 32.1. The predicted molar refractivity (Wildman–Crippen MR) is 81.0 cm³/mol. The van der Waals surface area contributed by atoms with Gasteiger partial charge in [-0.15, -0.1) is 11.3 Å². The third kappa shape index (κ3) is 2.57. The number of thiazole rings is 1. The van der Waals surface area contributed by atoms with E-state index in [9.17, 15) is 9.18 Å². The quantitative estimate of drug-likeness (QED) is 0.872. The number of amides is 1. The number of methoxy groups -OCH3 is 1. The summed E-state index contributed by atoms with van der Waals surface area (Å²) < 4.78 is 24.5. The number of carbonyl (C=O) groups is 1. The van der Waals surface area contributed by atoms with Crippen LogP contribution in [0.2, 0.25) is 0 Å². The van der Waals surface area contributed by atoms with Crippen LogP contribution in [0.25, 0.3) is 0 Å². The molecule has 0 fully saturated rings. The van der Waals surface area contributed by atoms with Gasteiger partial charge in [0.05, 0.1) is 30.0 Å². The Bertz CT molecular complexity index is 704. The molecule has 0 aliphatic carbocycles. The summed E-state index contributed by atoms with van der Waals surface area (Å²) in [5.74, 6) is -0.563. The van der Waals surface area contributed by atoms with Crippen LogP contribution in [0.3, 0.4) is 0 Å². The van der Waals surface area contributed by atoms with Gasteiger partial charge in [0.15, 0.2) is 11.6 Å². The second kappa shape index (κ2) is 6.02. The molecule has 3 rings (SSSR count). The molecule has 0 bridgehead atoms. The van der Waals surface area contributed by atoms with Crippen LogP contribution in [0, 0.1) is 5.82 Å². The zero-order valence-electron chi connectivity index (χ0n) is 12.2. The van der Waals surface area contributed by atoms with Crippen molar-refractivity contribution in [2.45, 2.75) is 19.6 Å². The molecular formula is C15H15FN2O3S. The Labute approximate surface area is 131 Å². The zero-order chi connectivity index (χ0) is 15.7. The normalized spacial score (nSPS) is 17.0. The van der Waals surface area contributed by atoms with E-state index in [0.29, 0.717) is 22.8 Å². The molecule has 1 aliphatic rings. The number of halogens is 1. The van der Waals surface area contributed by atoms with Crippen LogP contribution in [0.1, 0.15) is 22.3 Å². The molecular weight excluding hydrogens is 307 g/mol. The number of para-hydroxylation sites is 1. The SMILES string of the molecule is COCc1ncsc1C(=O)N1C[C@H](C)Oc2c(F)cccc21. The summed E-state index contributed by atoms with van der Waals surface area (Å²) in [7, 11) is 1.55. The Balaban J connectivity index is 2.00. The van der Waals surface area contributed by atoms with E-state index in [0.717, 1.165) is 0 Å². The van der Waals surface area contributed by atoms with Gasteiger partial charge in [-0.2, -0.15) is 0 Å². The van der Waals surface area contributed by atoms with Crippen molar-refractivity contribution in [2.24, 2.45) is 0 Å². The Kier molecular flexibility index (Phi) is 4.08. The van der Waals surface area contributed by atoms with Gasteiger partial charge < -0.3 is 14.4 Å². The first-order valence-electron chi connectivity index (χ1n) is 6.80. The van der Waals surface area contributed by atoms with Crippen LogP contribution in [0.15, 0.2) is 23.7 Å². The van der Waals surface area contributed by atoms with E-state index in [-0.39, 0.29) is 24.4 Å². The highest BCUT2D eigenvalue weighted by Crippen LogP contribution is 2.37. The van der Waals surface area contributed by atoms with Crippen molar-refractivity contribution in [3.05, 3.63) is 40.1 Å². The number of anilines is 1.